The van der Waals surface area contributed by atoms with Crippen LogP contribution in [0.15, 0.2) is 21.0 Å². The third kappa shape index (κ3) is 1.19. The summed E-state index contributed by atoms with van der Waals surface area (Å²) in [6.07, 6.45) is 1.28. The first-order chi connectivity index (χ1) is 7.91. The quantitative estimate of drug-likeness (QED) is 0.627. The first-order valence-electron chi connectivity index (χ1n) is 4.91. The van der Waals surface area contributed by atoms with Crippen molar-refractivity contribution in [1.29, 1.82) is 0 Å². The van der Waals surface area contributed by atoms with Gasteiger partial charge in [0.1, 0.15) is 0 Å². The minimum atomic E-state index is -0.497. The normalized spacial score (nSPS) is 11.0. The van der Waals surface area contributed by atoms with Gasteiger partial charge < -0.3 is 0 Å². The second kappa shape index (κ2) is 3.34. The monoisotopic (exact) mass is 236 g/mol. The molecule has 7 nitrogen and oxygen atoms in total. The zero-order valence-electron chi connectivity index (χ0n) is 9.80. The summed E-state index contributed by atoms with van der Waals surface area (Å²) in [6.45, 7) is 3.50. The number of aromatic nitrogens is 4. The number of aryl methyl sites for hydroxylation is 2. The molecule has 0 saturated heterocycles. The number of imidazole rings is 1. The summed E-state index contributed by atoms with van der Waals surface area (Å²) in [5.74, 6) is 0. The Morgan fingerprint density at radius 1 is 0.941 bits per heavy atom. The van der Waals surface area contributed by atoms with Crippen LogP contribution in [0.2, 0.25) is 0 Å². The molecule has 90 valence electrons. The summed E-state index contributed by atoms with van der Waals surface area (Å²) in [5.41, 5.74) is -0.958. The van der Waals surface area contributed by atoms with Gasteiger partial charge in [-0.2, -0.15) is 0 Å². The van der Waals surface area contributed by atoms with Gasteiger partial charge in [0, 0.05) is 27.3 Å². The Morgan fingerprint density at radius 2 is 1.53 bits per heavy atom. The molecule has 0 saturated carbocycles. The molecule has 0 atom stereocenters. The van der Waals surface area contributed by atoms with E-state index in [2.05, 4.69) is 6.58 Å². The number of hydrogen-bond acceptors (Lipinski definition) is 3. The molecule has 0 aliphatic rings. The molecule has 0 bridgehead atoms. The van der Waals surface area contributed by atoms with Crippen molar-refractivity contribution >= 4 is 17.4 Å². The average molecular weight is 236 g/mol. The van der Waals surface area contributed by atoms with Crippen molar-refractivity contribution in [3.05, 3.63) is 37.9 Å². The second-order valence-electron chi connectivity index (χ2n) is 3.77. The third-order valence-electron chi connectivity index (χ3n) is 2.85. The average Bonchev–Trinajstić information content (AvgIpc) is 2.57. The van der Waals surface area contributed by atoms with Crippen molar-refractivity contribution in [2.24, 2.45) is 21.1 Å². The van der Waals surface area contributed by atoms with Gasteiger partial charge in [0.2, 0.25) is 0 Å². The van der Waals surface area contributed by atoms with Gasteiger partial charge in [-0.05, 0) is 0 Å². The maximum atomic E-state index is 11.9. The van der Waals surface area contributed by atoms with Gasteiger partial charge in [-0.3, -0.25) is 23.1 Å². The molecule has 0 amide bonds. The van der Waals surface area contributed by atoms with Gasteiger partial charge in [-0.25, -0.2) is 9.59 Å². The summed E-state index contributed by atoms with van der Waals surface area (Å²) in [5, 5.41) is 0. The lowest BCUT2D eigenvalue weighted by Gasteiger charge is -2.04. The summed E-state index contributed by atoms with van der Waals surface area (Å²) in [7, 11) is 4.36. The van der Waals surface area contributed by atoms with E-state index in [-0.39, 0.29) is 11.2 Å². The lowest BCUT2D eigenvalue weighted by atomic mass is 10.5. The van der Waals surface area contributed by atoms with Crippen LogP contribution in [-0.2, 0) is 21.1 Å². The van der Waals surface area contributed by atoms with Gasteiger partial charge >= 0.3 is 11.4 Å². The van der Waals surface area contributed by atoms with Crippen molar-refractivity contribution < 1.29 is 0 Å². The molecular formula is C10H12N4O3. The Hall–Kier alpha value is -2.31. The predicted molar refractivity (Wildman–Crippen MR) is 64.0 cm³/mol. The van der Waals surface area contributed by atoms with E-state index in [1.54, 1.807) is 0 Å². The molecule has 0 aromatic carbocycles. The van der Waals surface area contributed by atoms with Crippen LogP contribution in [0.4, 0.5) is 0 Å². The molecule has 2 heterocycles. The van der Waals surface area contributed by atoms with Gasteiger partial charge in [-0.1, -0.05) is 6.58 Å². The zero-order valence-corrected chi connectivity index (χ0v) is 9.80. The Bertz CT molecular complexity index is 800. The fraction of sp³-hybridized carbons (Fsp3) is 0.300. The van der Waals surface area contributed by atoms with Crippen LogP contribution in [0, 0.1) is 0 Å². The molecule has 0 N–H and O–H groups in total. The molecule has 17 heavy (non-hydrogen) atoms. The number of fused-ring (bicyclic) bond motifs is 1. The lowest BCUT2D eigenvalue weighted by molar-refractivity contribution is 0.703. The first kappa shape index (κ1) is 11.2. The van der Waals surface area contributed by atoms with Gasteiger partial charge in [0.15, 0.2) is 11.2 Å². The van der Waals surface area contributed by atoms with Crippen molar-refractivity contribution in [2.45, 2.75) is 0 Å². The molecule has 2 aromatic rings. The highest BCUT2D eigenvalue weighted by atomic mass is 16.2. The molecule has 2 aromatic heterocycles. The zero-order chi connectivity index (χ0) is 12.9. The summed E-state index contributed by atoms with van der Waals surface area (Å²) >= 11 is 0. The molecule has 0 radical (unpaired) electrons. The van der Waals surface area contributed by atoms with Crippen LogP contribution < -0.4 is 16.9 Å². The second-order valence-corrected chi connectivity index (χ2v) is 3.77. The highest BCUT2D eigenvalue weighted by Gasteiger charge is 2.17. The van der Waals surface area contributed by atoms with Gasteiger partial charge in [-0.15, -0.1) is 0 Å². The SMILES string of the molecule is C=Cn1c(=O)n(C)c2c(=O)n(C)c(=O)n(C)c21. The van der Waals surface area contributed by atoms with E-state index in [4.69, 9.17) is 0 Å². The minimum Gasteiger partial charge on any atom is -0.289 e. The molecular weight excluding hydrogens is 224 g/mol. The Kier molecular flexibility index (Phi) is 2.20. The molecule has 7 heteroatoms. The van der Waals surface area contributed by atoms with Crippen molar-refractivity contribution in [3.63, 3.8) is 0 Å². The van der Waals surface area contributed by atoms with Gasteiger partial charge in [0.25, 0.3) is 5.56 Å². The van der Waals surface area contributed by atoms with Crippen LogP contribution in [0.5, 0.6) is 0 Å². The first-order valence-corrected chi connectivity index (χ1v) is 4.91. The maximum absolute atomic E-state index is 11.9. The Morgan fingerprint density at radius 3 is 2.06 bits per heavy atom. The fourth-order valence-corrected chi connectivity index (χ4v) is 1.90. The Balaban J connectivity index is 3.36. The fourth-order valence-electron chi connectivity index (χ4n) is 1.90. The van der Waals surface area contributed by atoms with E-state index in [9.17, 15) is 14.4 Å². The maximum Gasteiger partial charge on any atom is 0.334 e. The van der Waals surface area contributed by atoms with E-state index < -0.39 is 16.9 Å². The number of nitrogens with zero attached hydrogens (tertiary/aromatic N) is 4. The molecule has 0 spiro atoms. The van der Waals surface area contributed by atoms with E-state index in [1.807, 2.05) is 0 Å². The molecule has 0 fully saturated rings. The van der Waals surface area contributed by atoms with Gasteiger partial charge in [0.05, 0.1) is 0 Å². The highest BCUT2D eigenvalue weighted by molar-refractivity contribution is 5.73. The van der Waals surface area contributed by atoms with Crippen LogP contribution in [0.25, 0.3) is 17.4 Å². The Labute approximate surface area is 95.4 Å². The largest absolute Gasteiger partial charge is 0.334 e. The van der Waals surface area contributed by atoms with Crippen LogP contribution >= 0.6 is 0 Å². The third-order valence-corrected chi connectivity index (χ3v) is 2.85. The van der Waals surface area contributed by atoms with Crippen molar-refractivity contribution in [2.75, 3.05) is 0 Å². The highest BCUT2D eigenvalue weighted by Crippen LogP contribution is 2.04. The molecule has 0 aliphatic carbocycles. The molecule has 0 unspecified atom stereocenters. The van der Waals surface area contributed by atoms with Crippen molar-refractivity contribution in [1.82, 2.24) is 18.3 Å². The topological polar surface area (TPSA) is 70.9 Å². The van der Waals surface area contributed by atoms with Crippen molar-refractivity contribution in [3.8, 4) is 0 Å². The van der Waals surface area contributed by atoms with Crippen LogP contribution in [-0.4, -0.2) is 18.3 Å². The molecule has 0 aliphatic heterocycles. The number of rotatable bonds is 1. The van der Waals surface area contributed by atoms with Crippen LogP contribution in [0.1, 0.15) is 0 Å². The minimum absolute atomic E-state index is 0.180. The van der Waals surface area contributed by atoms with E-state index >= 15 is 0 Å². The predicted octanol–water partition coefficient (Wildman–Crippen LogP) is -1.16. The standard InChI is InChI=1S/C10H12N4O3/c1-5-14-7-6(11(2)10(14)17)8(15)13(4)9(16)12(7)3/h5H,1H2,2-4H3. The summed E-state index contributed by atoms with van der Waals surface area (Å²) in [4.78, 5) is 35.5. The molecule has 2 rings (SSSR count). The van der Waals surface area contributed by atoms with E-state index in [0.29, 0.717) is 0 Å². The smallest absolute Gasteiger partial charge is 0.289 e. The lowest BCUT2D eigenvalue weighted by Crippen LogP contribution is -2.37. The number of hydrogen-bond donors (Lipinski definition) is 0. The summed E-state index contributed by atoms with van der Waals surface area (Å²) in [6, 6.07) is 0. The van der Waals surface area contributed by atoms with Crippen LogP contribution in [0.3, 0.4) is 0 Å². The summed E-state index contributed by atoms with van der Waals surface area (Å²) < 4.78 is 4.60. The van der Waals surface area contributed by atoms with E-state index in [0.717, 1.165) is 4.57 Å². The van der Waals surface area contributed by atoms with E-state index in [1.165, 1.54) is 41.0 Å².